The average Bonchev–Trinajstić information content (AvgIpc) is 2.90. The number of aliphatic hydroxyl groups excluding tert-OH is 1. The predicted octanol–water partition coefficient (Wildman–Crippen LogP) is 0.490. The molecule has 0 spiro atoms. The van der Waals surface area contributed by atoms with Crippen molar-refractivity contribution in [2.75, 3.05) is 13.2 Å². The lowest BCUT2D eigenvalue weighted by molar-refractivity contribution is -0.124. The van der Waals surface area contributed by atoms with Crippen LogP contribution in [0.5, 0.6) is 0 Å². The van der Waals surface area contributed by atoms with Crippen LogP contribution in [0.3, 0.4) is 0 Å². The Labute approximate surface area is 121 Å². The second-order valence-electron chi connectivity index (χ2n) is 4.40. The van der Waals surface area contributed by atoms with Gasteiger partial charge in [0.1, 0.15) is 10.9 Å². The highest BCUT2D eigenvalue weighted by Gasteiger charge is 2.25. The Morgan fingerprint density at radius 2 is 2.45 bits per heavy atom. The van der Waals surface area contributed by atoms with Gasteiger partial charge in [-0.2, -0.15) is 0 Å². The van der Waals surface area contributed by atoms with Gasteiger partial charge in [-0.05, 0) is 24.3 Å². The van der Waals surface area contributed by atoms with Crippen molar-refractivity contribution >= 4 is 23.2 Å². The van der Waals surface area contributed by atoms with E-state index in [1.165, 1.54) is 11.3 Å². The van der Waals surface area contributed by atoms with Gasteiger partial charge in [-0.15, -0.1) is 11.3 Å². The largest absolute Gasteiger partial charge is 0.395 e. The van der Waals surface area contributed by atoms with Crippen LogP contribution < -0.4 is 10.6 Å². The van der Waals surface area contributed by atoms with Gasteiger partial charge in [0.25, 0.3) is 5.91 Å². The summed E-state index contributed by atoms with van der Waals surface area (Å²) in [5, 5.41) is 16.0. The third-order valence-electron chi connectivity index (χ3n) is 2.92. The molecule has 0 bridgehead atoms. The first kappa shape index (κ1) is 14.6. The van der Waals surface area contributed by atoms with Crippen LogP contribution in [0.2, 0.25) is 0 Å². The summed E-state index contributed by atoms with van der Waals surface area (Å²) in [6.45, 7) is 0.670. The number of piperidine rings is 1. The minimum atomic E-state index is -0.461. The highest BCUT2D eigenvalue weighted by Crippen LogP contribution is 2.16. The molecule has 1 fully saturated rings. The van der Waals surface area contributed by atoms with Crippen LogP contribution in [-0.2, 0) is 4.79 Å². The van der Waals surface area contributed by atoms with E-state index in [-0.39, 0.29) is 18.4 Å². The van der Waals surface area contributed by atoms with Gasteiger partial charge >= 0.3 is 0 Å². The predicted molar refractivity (Wildman–Crippen MR) is 76.4 cm³/mol. The van der Waals surface area contributed by atoms with Gasteiger partial charge in [-0.3, -0.25) is 9.59 Å². The third kappa shape index (κ3) is 3.59. The Morgan fingerprint density at radius 1 is 1.60 bits per heavy atom. The summed E-state index contributed by atoms with van der Waals surface area (Å²) >= 11 is 1.30. The standard InChI is InChI=1S/C14H16N2O3S/c17-8-2-1-4-10-6-9-20-12(10)14(19)16-11-5-3-7-15-13(11)18/h6,9,11,17H,2-3,5,7-8H2,(H,15,18)(H,16,19). The van der Waals surface area contributed by atoms with Crippen LogP contribution >= 0.6 is 11.3 Å². The van der Waals surface area contributed by atoms with E-state index < -0.39 is 6.04 Å². The van der Waals surface area contributed by atoms with Crippen molar-refractivity contribution in [2.45, 2.75) is 25.3 Å². The van der Waals surface area contributed by atoms with Gasteiger partial charge in [0, 0.05) is 18.5 Å². The van der Waals surface area contributed by atoms with E-state index in [9.17, 15) is 9.59 Å². The zero-order valence-electron chi connectivity index (χ0n) is 10.9. The van der Waals surface area contributed by atoms with E-state index in [2.05, 4.69) is 22.5 Å². The van der Waals surface area contributed by atoms with E-state index in [0.717, 1.165) is 6.42 Å². The van der Waals surface area contributed by atoms with Gasteiger partial charge in [-0.25, -0.2) is 0 Å². The Balaban J connectivity index is 2.04. The van der Waals surface area contributed by atoms with Crippen molar-refractivity contribution in [1.29, 1.82) is 0 Å². The second kappa shape index (κ2) is 7.08. The Bertz CT molecular complexity index is 556. The number of rotatable bonds is 3. The molecule has 2 rings (SSSR count). The Kier molecular flexibility index (Phi) is 5.16. The number of carbonyl (C=O) groups excluding carboxylic acids is 2. The van der Waals surface area contributed by atoms with E-state index >= 15 is 0 Å². The van der Waals surface area contributed by atoms with E-state index in [1.807, 2.05) is 0 Å². The fourth-order valence-corrected chi connectivity index (χ4v) is 2.68. The fraction of sp³-hybridized carbons (Fsp3) is 0.429. The summed E-state index contributed by atoms with van der Waals surface area (Å²) < 4.78 is 0. The third-order valence-corrected chi connectivity index (χ3v) is 3.84. The minimum Gasteiger partial charge on any atom is -0.395 e. The molecule has 106 valence electrons. The second-order valence-corrected chi connectivity index (χ2v) is 5.31. The molecule has 2 heterocycles. The number of carbonyl (C=O) groups is 2. The zero-order valence-corrected chi connectivity index (χ0v) is 11.8. The molecular weight excluding hydrogens is 276 g/mol. The SMILES string of the molecule is O=C(NC1CCCNC1=O)c1sccc1C#CCCO. The van der Waals surface area contributed by atoms with Gasteiger partial charge in [-0.1, -0.05) is 11.8 Å². The highest BCUT2D eigenvalue weighted by atomic mass is 32.1. The molecule has 0 radical (unpaired) electrons. The topological polar surface area (TPSA) is 78.4 Å². The molecule has 0 aromatic carbocycles. The molecule has 1 atom stereocenters. The molecule has 1 aliphatic rings. The fourth-order valence-electron chi connectivity index (χ4n) is 1.93. The normalized spacial score (nSPS) is 17.9. The number of aliphatic hydroxyl groups is 1. The average molecular weight is 292 g/mol. The molecular formula is C14H16N2O3S. The zero-order chi connectivity index (χ0) is 14.4. The number of nitrogens with one attached hydrogen (secondary N) is 2. The van der Waals surface area contributed by atoms with Gasteiger partial charge in [0.2, 0.25) is 5.91 Å². The molecule has 6 heteroatoms. The first-order valence-corrected chi connectivity index (χ1v) is 7.36. The summed E-state index contributed by atoms with van der Waals surface area (Å²) in [6.07, 6.45) is 1.90. The van der Waals surface area contributed by atoms with E-state index in [4.69, 9.17) is 5.11 Å². The Hall–Kier alpha value is -1.84. The molecule has 1 aliphatic heterocycles. The maximum Gasteiger partial charge on any atom is 0.263 e. The first-order valence-electron chi connectivity index (χ1n) is 6.48. The molecule has 20 heavy (non-hydrogen) atoms. The number of thiophene rings is 1. The molecule has 2 amide bonds. The van der Waals surface area contributed by atoms with E-state index in [0.29, 0.717) is 29.8 Å². The minimum absolute atomic E-state index is 0.000905. The van der Waals surface area contributed by atoms with Crippen LogP contribution in [0.15, 0.2) is 11.4 Å². The molecule has 1 unspecified atom stereocenters. The van der Waals surface area contributed by atoms with Crippen LogP contribution in [0, 0.1) is 11.8 Å². The molecule has 1 aromatic heterocycles. The monoisotopic (exact) mass is 292 g/mol. The summed E-state index contributed by atoms with van der Waals surface area (Å²) in [4.78, 5) is 24.3. The molecule has 5 nitrogen and oxygen atoms in total. The molecule has 3 N–H and O–H groups in total. The van der Waals surface area contributed by atoms with Gasteiger partial charge in [0.05, 0.1) is 6.61 Å². The lowest BCUT2D eigenvalue weighted by Gasteiger charge is -2.22. The van der Waals surface area contributed by atoms with Crippen molar-refractivity contribution in [2.24, 2.45) is 0 Å². The maximum atomic E-state index is 12.2. The molecule has 1 saturated heterocycles. The Morgan fingerprint density at radius 3 is 3.20 bits per heavy atom. The first-order chi connectivity index (χ1) is 9.72. The smallest absolute Gasteiger partial charge is 0.263 e. The summed E-state index contributed by atoms with van der Waals surface area (Å²) in [5.41, 5.74) is 0.636. The van der Waals surface area contributed by atoms with Crippen LogP contribution in [0.4, 0.5) is 0 Å². The quantitative estimate of drug-likeness (QED) is 0.710. The van der Waals surface area contributed by atoms with E-state index in [1.54, 1.807) is 11.4 Å². The molecule has 1 aromatic rings. The van der Waals surface area contributed by atoms with Crippen LogP contribution in [0.1, 0.15) is 34.5 Å². The van der Waals surface area contributed by atoms with Crippen molar-refractivity contribution in [1.82, 2.24) is 10.6 Å². The lowest BCUT2D eigenvalue weighted by Crippen LogP contribution is -2.50. The van der Waals surface area contributed by atoms with Crippen LogP contribution in [0.25, 0.3) is 0 Å². The highest BCUT2D eigenvalue weighted by molar-refractivity contribution is 7.12. The number of hydrogen-bond acceptors (Lipinski definition) is 4. The summed E-state index contributed by atoms with van der Waals surface area (Å²) in [5.74, 6) is 5.26. The number of amides is 2. The molecule has 0 aliphatic carbocycles. The van der Waals surface area contributed by atoms with Gasteiger partial charge < -0.3 is 15.7 Å². The summed E-state index contributed by atoms with van der Waals surface area (Å²) in [6, 6.07) is 1.31. The number of hydrogen-bond donors (Lipinski definition) is 3. The van der Waals surface area contributed by atoms with Crippen LogP contribution in [-0.4, -0.2) is 36.1 Å². The van der Waals surface area contributed by atoms with Crippen molar-refractivity contribution in [3.05, 3.63) is 21.9 Å². The van der Waals surface area contributed by atoms with Crippen molar-refractivity contribution < 1.29 is 14.7 Å². The molecule has 0 saturated carbocycles. The van der Waals surface area contributed by atoms with Crippen molar-refractivity contribution in [3.8, 4) is 11.8 Å². The lowest BCUT2D eigenvalue weighted by atomic mass is 10.1. The van der Waals surface area contributed by atoms with Crippen molar-refractivity contribution in [3.63, 3.8) is 0 Å². The van der Waals surface area contributed by atoms with Gasteiger partial charge in [0.15, 0.2) is 0 Å². The maximum absolute atomic E-state index is 12.2. The summed E-state index contributed by atoms with van der Waals surface area (Å²) in [7, 11) is 0.